The average Bonchev–Trinajstić information content (AvgIpc) is 3.13. The molecule has 3 amide bonds. The Bertz CT molecular complexity index is 1020. The number of carbonyl (C=O) groups excluding carboxylic acids is 2. The lowest BCUT2D eigenvalue weighted by atomic mass is 10.1. The molecule has 2 fully saturated rings. The van der Waals surface area contributed by atoms with Crippen LogP contribution >= 0.6 is 0 Å². The number of fused-ring (bicyclic) bond motifs is 1. The van der Waals surface area contributed by atoms with Crippen molar-refractivity contribution in [3.63, 3.8) is 0 Å². The second-order valence-electron chi connectivity index (χ2n) is 7.43. The van der Waals surface area contributed by atoms with Gasteiger partial charge in [-0.25, -0.2) is 13.2 Å². The SMILES string of the molecule is CCc1ccc(NC(=O)CN2C(=O)N(c3ccccc3)C3CS(=O)(=O)CC32)cc1. The summed E-state index contributed by atoms with van der Waals surface area (Å²) in [6.45, 7) is 1.87. The molecular weight excluding hydrogens is 390 g/mol. The van der Waals surface area contributed by atoms with Gasteiger partial charge in [0.05, 0.1) is 23.6 Å². The summed E-state index contributed by atoms with van der Waals surface area (Å²) in [6.07, 6.45) is 0.906. The topological polar surface area (TPSA) is 86.8 Å². The first kappa shape index (κ1) is 19.4. The van der Waals surface area contributed by atoms with Crippen LogP contribution in [0.4, 0.5) is 16.2 Å². The minimum Gasteiger partial charge on any atom is -0.325 e. The van der Waals surface area contributed by atoms with Crippen molar-refractivity contribution < 1.29 is 18.0 Å². The van der Waals surface area contributed by atoms with E-state index in [9.17, 15) is 18.0 Å². The first-order valence-corrected chi connectivity index (χ1v) is 11.4. The van der Waals surface area contributed by atoms with E-state index in [0.29, 0.717) is 11.4 Å². The third-order valence-corrected chi connectivity index (χ3v) is 7.17. The number of carbonyl (C=O) groups is 2. The Morgan fingerprint density at radius 2 is 1.69 bits per heavy atom. The maximum atomic E-state index is 13.1. The molecule has 29 heavy (non-hydrogen) atoms. The third-order valence-electron chi connectivity index (χ3n) is 5.47. The lowest BCUT2D eigenvalue weighted by Crippen LogP contribution is -2.42. The van der Waals surface area contributed by atoms with Crippen LogP contribution in [-0.2, 0) is 21.1 Å². The van der Waals surface area contributed by atoms with Crippen LogP contribution in [0.15, 0.2) is 54.6 Å². The summed E-state index contributed by atoms with van der Waals surface area (Å²) < 4.78 is 24.5. The summed E-state index contributed by atoms with van der Waals surface area (Å²) in [5.74, 6) is -0.555. The molecule has 2 saturated heterocycles. The quantitative estimate of drug-likeness (QED) is 0.762. The number of para-hydroxylation sites is 1. The van der Waals surface area contributed by atoms with Crippen molar-refractivity contribution in [2.24, 2.45) is 0 Å². The number of benzene rings is 2. The van der Waals surface area contributed by atoms with Gasteiger partial charge >= 0.3 is 6.03 Å². The van der Waals surface area contributed by atoms with Gasteiger partial charge in [-0.2, -0.15) is 0 Å². The first-order chi connectivity index (χ1) is 13.9. The monoisotopic (exact) mass is 413 g/mol. The Hall–Kier alpha value is -2.87. The van der Waals surface area contributed by atoms with Gasteiger partial charge in [0.1, 0.15) is 6.54 Å². The van der Waals surface area contributed by atoms with Crippen LogP contribution in [0.1, 0.15) is 12.5 Å². The predicted octanol–water partition coefficient (Wildman–Crippen LogP) is 2.30. The maximum Gasteiger partial charge on any atom is 0.325 e. The minimum atomic E-state index is -3.27. The summed E-state index contributed by atoms with van der Waals surface area (Å²) in [5, 5.41) is 2.80. The van der Waals surface area contributed by atoms with E-state index >= 15 is 0 Å². The molecule has 2 aromatic carbocycles. The fourth-order valence-corrected chi connectivity index (χ4v) is 5.98. The van der Waals surface area contributed by atoms with Gasteiger partial charge in [-0.3, -0.25) is 9.69 Å². The molecule has 0 saturated carbocycles. The highest BCUT2D eigenvalue weighted by Crippen LogP contribution is 2.34. The highest BCUT2D eigenvalue weighted by Gasteiger charge is 2.54. The maximum absolute atomic E-state index is 13.1. The van der Waals surface area contributed by atoms with Crippen LogP contribution in [0, 0.1) is 0 Å². The average molecular weight is 413 g/mol. The Kier molecular flexibility index (Phi) is 5.04. The minimum absolute atomic E-state index is 0.0884. The molecule has 0 bridgehead atoms. The Labute approximate surface area is 170 Å². The molecule has 1 N–H and O–H groups in total. The Morgan fingerprint density at radius 1 is 1.03 bits per heavy atom. The summed E-state index contributed by atoms with van der Waals surface area (Å²) in [4.78, 5) is 28.6. The van der Waals surface area contributed by atoms with E-state index in [2.05, 4.69) is 12.2 Å². The number of rotatable bonds is 5. The van der Waals surface area contributed by atoms with Crippen molar-refractivity contribution >= 4 is 33.2 Å². The van der Waals surface area contributed by atoms with Gasteiger partial charge in [-0.05, 0) is 36.2 Å². The number of anilines is 2. The van der Waals surface area contributed by atoms with Gasteiger partial charge in [-0.15, -0.1) is 0 Å². The lowest BCUT2D eigenvalue weighted by molar-refractivity contribution is -0.116. The number of nitrogens with one attached hydrogen (secondary N) is 1. The van der Waals surface area contributed by atoms with E-state index in [1.165, 1.54) is 9.80 Å². The largest absolute Gasteiger partial charge is 0.325 e. The van der Waals surface area contributed by atoms with Crippen LogP contribution in [0.3, 0.4) is 0 Å². The van der Waals surface area contributed by atoms with Gasteiger partial charge in [0.25, 0.3) is 0 Å². The Balaban J connectivity index is 1.54. The zero-order valence-corrected chi connectivity index (χ0v) is 16.9. The fraction of sp³-hybridized carbons (Fsp3) is 0.333. The van der Waals surface area contributed by atoms with Crippen LogP contribution in [-0.4, -0.2) is 55.4 Å². The lowest BCUT2D eigenvalue weighted by Gasteiger charge is -2.22. The standard InChI is InChI=1S/C21H23N3O4S/c1-2-15-8-10-16(11-9-15)22-20(25)12-23-18-13-29(27,28)14-19(18)24(21(23)26)17-6-4-3-5-7-17/h3-11,18-19H,2,12-14H2,1H3,(H,22,25). The Morgan fingerprint density at radius 3 is 2.34 bits per heavy atom. The van der Waals surface area contributed by atoms with Crippen molar-refractivity contribution in [2.75, 3.05) is 28.3 Å². The van der Waals surface area contributed by atoms with Crippen LogP contribution in [0.5, 0.6) is 0 Å². The highest BCUT2D eigenvalue weighted by atomic mass is 32.2. The summed E-state index contributed by atoms with van der Waals surface area (Å²) in [5.41, 5.74) is 2.45. The number of amides is 3. The molecule has 2 atom stereocenters. The van der Waals surface area contributed by atoms with E-state index in [0.717, 1.165) is 12.0 Å². The number of urea groups is 1. The molecule has 152 valence electrons. The van der Waals surface area contributed by atoms with Gasteiger partial charge in [-0.1, -0.05) is 37.3 Å². The molecule has 2 aliphatic heterocycles. The zero-order valence-electron chi connectivity index (χ0n) is 16.1. The number of nitrogens with zero attached hydrogens (tertiary/aromatic N) is 2. The molecule has 0 radical (unpaired) electrons. The van der Waals surface area contributed by atoms with Crippen molar-refractivity contribution in [1.29, 1.82) is 0 Å². The van der Waals surface area contributed by atoms with Crippen LogP contribution < -0.4 is 10.2 Å². The number of aryl methyl sites for hydroxylation is 1. The van der Waals surface area contributed by atoms with Crippen LogP contribution in [0.25, 0.3) is 0 Å². The molecule has 0 aliphatic carbocycles. The number of sulfone groups is 1. The third kappa shape index (κ3) is 3.85. The normalized spacial score (nSPS) is 22.6. The van der Waals surface area contributed by atoms with Crippen molar-refractivity contribution in [3.8, 4) is 0 Å². The predicted molar refractivity (Wildman–Crippen MR) is 112 cm³/mol. The molecule has 8 heteroatoms. The van der Waals surface area contributed by atoms with E-state index in [4.69, 9.17) is 0 Å². The molecule has 7 nitrogen and oxygen atoms in total. The van der Waals surface area contributed by atoms with E-state index < -0.39 is 21.9 Å². The summed E-state index contributed by atoms with van der Waals surface area (Å²) in [7, 11) is -3.27. The molecule has 2 aliphatic rings. The molecular formula is C21H23N3O4S. The van der Waals surface area contributed by atoms with E-state index in [-0.39, 0.29) is 30.0 Å². The van der Waals surface area contributed by atoms with Gasteiger partial charge in [0.2, 0.25) is 5.91 Å². The van der Waals surface area contributed by atoms with E-state index in [1.807, 2.05) is 30.3 Å². The van der Waals surface area contributed by atoms with Crippen molar-refractivity contribution in [3.05, 3.63) is 60.2 Å². The zero-order chi connectivity index (χ0) is 20.6. The summed E-state index contributed by atoms with van der Waals surface area (Å²) in [6, 6.07) is 15.2. The van der Waals surface area contributed by atoms with Crippen LogP contribution in [0.2, 0.25) is 0 Å². The van der Waals surface area contributed by atoms with Crippen molar-refractivity contribution in [1.82, 2.24) is 4.90 Å². The molecule has 0 spiro atoms. The van der Waals surface area contributed by atoms with E-state index in [1.54, 1.807) is 24.3 Å². The van der Waals surface area contributed by atoms with Gasteiger partial charge in [0, 0.05) is 11.4 Å². The van der Waals surface area contributed by atoms with Gasteiger partial charge < -0.3 is 10.2 Å². The smallest absolute Gasteiger partial charge is 0.325 e. The fourth-order valence-electron chi connectivity index (χ4n) is 4.03. The highest BCUT2D eigenvalue weighted by molar-refractivity contribution is 7.91. The summed E-state index contributed by atoms with van der Waals surface area (Å²) >= 11 is 0. The second kappa shape index (κ2) is 7.51. The second-order valence-corrected chi connectivity index (χ2v) is 9.58. The van der Waals surface area contributed by atoms with Crippen molar-refractivity contribution in [2.45, 2.75) is 25.4 Å². The number of hydrogen-bond acceptors (Lipinski definition) is 4. The molecule has 2 heterocycles. The van der Waals surface area contributed by atoms with Gasteiger partial charge in [0.15, 0.2) is 9.84 Å². The molecule has 2 unspecified atom stereocenters. The first-order valence-electron chi connectivity index (χ1n) is 9.62. The molecule has 0 aromatic heterocycles. The molecule has 4 rings (SSSR count). The molecule has 2 aromatic rings. The number of hydrogen-bond donors (Lipinski definition) is 1.